The Bertz CT molecular complexity index is 3320. The molecule has 0 saturated carbocycles. The highest BCUT2D eigenvalue weighted by Crippen LogP contribution is 2.54. The maximum atomic E-state index is 2.56. The van der Waals surface area contributed by atoms with Gasteiger partial charge in [-0.3, -0.25) is 0 Å². The van der Waals surface area contributed by atoms with Crippen LogP contribution in [0.4, 0.5) is 17.1 Å². The van der Waals surface area contributed by atoms with Crippen molar-refractivity contribution >= 4 is 113 Å². The van der Waals surface area contributed by atoms with Crippen LogP contribution in [0, 0.1) is 0 Å². The molecule has 1 aliphatic carbocycles. The molecule has 1 atom stereocenters. The second-order valence-electron chi connectivity index (χ2n) is 16.7. The van der Waals surface area contributed by atoms with E-state index in [1.54, 1.807) is 0 Å². The van der Waals surface area contributed by atoms with E-state index < -0.39 is 0 Å². The predicted octanol–water partition coefficient (Wildman–Crippen LogP) is 8.38. The van der Waals surface area contributed by atoms with Crippen molar-refractivity contribution in [2.45, 2.75) is 12.3 Å². The zero-order valence-corrected chi connectivity index (χ0v) is 35.5. The Labute approximate surface area is 360 Å². The van der Waals surface area contributed by atoms with Gasteiger partial charge in [-0.2, -0.15) is 0 Å². The summed E-state index contributed by atoms with van der Waals surface area (Å²) in [6.45, 7) is 2.41. The third-order valence-corrected chi connectivity index (χ3v) is 14.7. The van der Waals surface area contributed by atoms with Crippen LogP contribution in [0.15, 0.2) is 182 Å². The molecule has 0 N–H and O–H groups in total. The van der Waals surface area contributed by atoms with Crippen LogP contribution in [0.3, 0.4) is 0 Å². The molecule has 1 heterocycles. The largest absolute Gasteiger partial charge is 0.312 e. The van der Waals surface area contributed by atoms with Crippen LogP contribution in [0.2, 0.25) is 0 Å². The maximum absolute atomic E-state index is 2.56. The minimum Gasteiger partial charge on any atom is -0.312 e. The third kappa shape index (κ3) is 5.44. The summed E-state index contributed by atoms with van der Waals surface area (Å²) < 4.78 is 2.64. The van der Waals surface area contributed by atoms with E-state index in [0.29, 0.717) is 0 Å². The standard InChI is InChI=1S/C54H41B4NS/c1-54(34-17-3-2-4-18-34)43-25-9-7-21-39(43)40-29-28-36(31-44(40)54)59(35-19-11-16-33(30-35)38-23-13-27-46-47(38)42-22-8-10-26-45(42)60-46)53-51(57)49(55)48(50(56)52(53)58)41-24-12-15-32-14-5-6-20-37(32)41/h2-31H,55-58H2,1H3. The zero-order valence-electron chi connectivity index (χ0n) is 34.7. The van der Waals surface area contributed by atoms with Gasteiger partial charge < -0.3 is 4.90 Å². The Morgan fingerprint density at radius 3 is 1.88 bits per heavy atom. The fourth-order valence-corrected chi connectivity index (χ4v) is 11.5. The van der Waals surface area contributed by atoms with E-state index in [1.165, 1.54) is 109 Å². The van der Waals surface area contributed by atoms with Gasteiger partial charge in [-0.1, -0.05) is 167 Å². The Morgan fingerprint density at radius 2 is 1.05 bits per heavy atom. The molecule has 0 bridgehead atoms. The van der Waals surface area contributed by atoms with Crippen molar-refractivity contribution in [3.05, 3.63) is 199 Å². The third-order valence-electron chi connectivity index (χ3n) is 13.6. The average Bonchev–Trinajstić information content (AvgIpc) is 3.81. The number of benzene rings is 9. The fourth-order valence-electron chi connectivity index (χ4n) is 10.4. The molecular weight excluding hydrogens is 738 g/mol. The van der Waals surface area contributed by atoms with Gasteiger partial charge in [0.05, 0.1) is 0 Å². The number of thiophene rings is 1. The maximum Gasteiger partial charge on any atom is 0.141 e. The zero-order chi connectivity index (χ0) is 40.7. The molecule has 0 fully saturated rings. The first-order valence-corrected chi connectivity index (χ1v) is 21.8. The number of hydrogen-bond donors (Lipinski definition) is 0. The van der Waals surface area contributed by atoms with Gasteiger partial charge in [0.15, 0.2) is 0 Å². The second-order valence-corrected chi connectivity index (χ2v) is 17.8. The van der Waals surface area contributed by atoms with Crippen LogP contribution in [0.5, 0.6) is 0 Å². The Kier molecular flexibility index (Phi) is 8.58. The molecule has 280 valence electrons. The lowest BCUT2D eigenvalue weighted by atomic mass is 9.64. The minimum atomic E-state index is -0.319. The average molecular weight is 779 g/mol. The summed E-state index contributed by atoms with van der Waals surface area (Å²) in [5.74, 6) is 0. The molecular formula is C54H41B4NS. The molecule has 1 aromatic heterocycles. The molecule has 9 aromatic carbocycles. The summed E-state index contributed by atoms with van der Waals surface area (Å²) in [5.41, 5.74) is 20.1. The quantitative estimate of drug-likeness (QED) is 0.154. The molecule has 10 aromatic rings. The summed E-state index contributed by atoms with van der Waals surface area (Å²) in [7, 11) is 9.31. The first kappa shape index (κ1) is 36.6. The van der Waals surface area contributed by atoms with E-state index >= 15 is 0 Å². The molecule has 1 unspecified atom stereocenters. The minimum absolute atomic E-state index is 0.319. The van der Waals surface area contributed by atoms with Crippen molar-refractivity contribution in [3.8, 4) is 33.4 Å². The fraction of sp³-hybridized carbons (Fsp3) is 0.0370. The smallest absolute Gasteiger partial charge is 0.141 e. The first-order valence-electron chi connectivity index (χ1n) is 21.0. The van der Waals surface area contributed by atoms with Gasteiger partial charge in [-0.15, -0.1) is 11.3 Å². The lowest BCUT2D eigenvalue weighted by Gasteiger charge is -2.34. The van der Waals surface area contributed by atoms with E-state index in [2.05, 4.69) is 225 Å². The number of anilines is 3. The first-order chi connectivity index (χ1) is 29.3. The van der Waals surface area contributed by atoms with Crippen LogP contribution in [0.1, 0.15) is 23.6 Å². The molecule has 0 amide bonds. The molecule has 6 heteroatoms. The summed E-state index contributed by atoms with van der Waals surface area (Å²) in [6, 6.07) is 67.7. The Morgan fingerprint density at radius 1 is 0.450 bits per heavy atom. The van der Waals surface area contributed by atoms with Crippen LogP contribution in [-0.2, 0) is 5.41 Å². The molecule has 60 heavy (non-hydrogen) atoms. The van der Waals surface area contributed by atoms with E-state index in [4.69, 9.17) is 0 Å². The molecule has 0 saturated heterocycles. The van der Waals surface area contributed by atoms with Gasteiger partial charge >= 0.3 is 0 Å². The van der Waals surface area contributed by atoms with E-state index in [-0.39, 0.29) is 5.41 Å². The van der Waals surface area contributed by atoms with Crippen molar-refractivity contribution in [3.63, 3.8) is 0 Å². The van der Waals surface area contributed by atoms with Crippen LogP contribution in [-0.4, -0.2) is 31.4 Å². The summed E-state index contributed by atoms with van der Waals surface area (Å²) >= 11 is 1.88. The monoisotopic (exact) mass is 779 g/mol. The number of hydrogen-bond acceptors (Lipinski definition) is 2. The van der Waals surface area contributed by atoms with E-state index in [1.807, 2.05) is 11.3 Å². The van der Waals surface area contributed by atoms with Crippen molar-refractivity contribution in [2.24, 2.45) is 0 Å². The van der Waals surface area contributed by atoms with Crippen LogP contribution < -0.4 is 26.8 Å². The SMILES string of the molecule is Bc1c(B)c(N(c2cccc(-c3cccc4sc5ccccc5c34)c2)c2ccc3c(c2)C(C)(c2ccccc2)c2ccccc2-3)c(B)c(B)c1-c1cccc2ccccc12. The second kappa shape index (κ2) is 14.1. The highest BCUT2D eigenvalue weighted by molar-refractivity contribution is 7.25. The summed E-state index contributed by atoms with van der Waals surface area (Å²) in [5, 5.41) is 5.20. The summed E-state index contributed by atoms with van der Waals surface area (Å²) in [6.07, 6.45) is 0. The lowest BCUT2D eigenvalue weighted by Crippen LogP contribution is -2.46. The van der Waals surface area contributed by atoms with Gasteiger partial charge in [0.1, 0.15) is 31.4 Å². The molecule has 0 spiro atoms. The van der Waals surface area contributed by atoms with Crippen molar-refractivity contribution in [1.29, 1.82) is 0 Å². The molecule has 0 aliphatic heterocycles. The Balaban J connectivity index is 1.17. The van der Waals surface area contributed by atoms with Crippen molar-refractivity contribution in [2.75, 3.05) is 4.90 Å². The Hall–Kier alpha value is -6.48. The molecule has 11 rings (SSSR count). The summed E-state index contributed by atoms with van der Waals surface area (Å²) in [4.78, 5) is 2.56. The predicted molar refractivity (Wildman–Crippen MR) is 273 cm³/mol. The molecule has 1 nitrogen and oxygen atoms in total. The van der Waals surface area contributed by atoms with Crippen molar-refractivity contribution in [1.82, 2.24) is 0 Å². The highest BCUT2D eigenvalue weighted by Gasteiger charge is 2.41. The van der Waals surface area contributed by atoms with Gasteiger partial charge in [0, 0.05) is 42.6 Å². The number of rotatable bonds is 6. The van der Waals surface area contributed by atoms with Crippen molar-refractivity contribution < 1.29 is 0 Å². The van der Waals surface area contributed by atoms with Gasteiger partial charge in [0.25, 0.3) is 0 Å². The van der Waals surface area contributed by atoms with Gasteiger partial charge in [0.2, 0.25) is 0 Å². The van der Waals surface area contributed by atoms with E-state index in [0.717, 1.165) is 11.4 Å². The molecule has 1 aliphatic rings. The van der Waals surface area contributed by atoms with E-state index in [9.17, 15) is 0 Å². The highest BCUT2D eigenvalue weighted by atomic mass is 32.1. The van der Waals surface area contributed by atoms with Crippen LogP contribution in [0.25, 0.3) is 64.3 Å². The number of nitrogens with zero attached hydrogens (tertiary/aromatic N) is 1. The van der Waals surface area contributed by atoms with Gasteiger partial charge in [-0.25, -0.2) is 0 Å². The molecule has 0 radical (unpaired) electrons. The van der Waals surface area contributed by atoms with Crippen LogP contribution >= 0.6 is 11.3 Å². The van der Waals surface area contributed by atoms with Gasteiger partial charge in [-0.05, 0) is 104 Å². The topological polar surface area (TPSA) is 3.24 Å². The number of fused-ring (bicyclic) bond motifs is 7. The lowest BCUT2D eigenvalue weighted by molar-refractivity contribution is 0.714. The normalized spacial score (nSPS) is 14.4.